The normalized spacial score (nSPS) is 11.3. The number of aryl methyl sites for hydroxylation is 2. The van der Waals surface area contributed by atoms with E-state index in [9.17, 15) is 0 Å². The summed E-state index contributed by atoms with van der Waals surface area (Å²) in [6, 6.07) is 6.40. The average molecular weight is 286 g/mol. The van der Waals surface area contributed by atoms with Crippen molar-refractivity contribution >= 4 is 22.4 Å². The molecular formula is C15H18N4S. The maximum atomic E-state index is 5.65. The van der Waals surface area contributed by atoms with Crippen LogP contribution in [-0.2, 0) is 13.1 Å². The number of thiazole rings is 1. The average Bonchev–Trinajstić information content (AvgIpc) is 3.03. The lowest BCUT2D eigenvalue weighted by Crippen LogP contribution is -2.00. The number of hydrogen-bond donors (Lipinski definition) is 1. The lowest BCUT2D eigenvalue weighted by molar-refractivity contribution is 0.702. The summed E-state index contributed by atoms with van der Waals surface area (Å²) in [5.41, 5.74) is 10.0. The van der Waals surface area contributed by atoms with Gasteiger partial charge in [-0.1, -0.05) is 13.0 Å². The molecule has 3 rings (SSSR count). The first-order valence-electron chi connectivity index (χ1n) is 6.84. The fourth-order valence-electron chi connectivity index (χ4n) is 2.39. The molecular weight excluding hydrogens is 268 g/mol. The molecule has 0 aliphatic carbocycles. The molecule has 1 aromatic carbocycles. The molecule has 0 bridgehead atoms. The van der Waals surface area contributed by atoms with E-state index < -0.39 is 0 Å². The fourth-order valence-corrected chi connectivity index (χ4v) is 3.05. The van der Waals surface area contributed by atoms with Crippen LogP contribution < -0.4 is 5.73 Å². The molecule has 0 spiro atoms. The van der Waals surface area contributed by atoms with Crippen molar-refractivity contribution in [3.8, 4) is 11.5 Å². The third kappa shape index (κ3) is 2.23. The Balaban J connectivity index is 2.20. The fraction of sp³-hybridized carbons (Fsp3) is 0.333. The third-order valence-electron chi connectivity index (χ3n) is 3.31. The molecule has 0 atom stereocenters. The van der Waals surface area contributed by atoms with E-state index in [2.05, 4.69) is 41.6 Å². The van der Waals surface area contributed by atoms with Crippen LogP contribution in [0.1, 0.15) is 23.9 Å². The van der Waals surface area contributed by atoms with E-state index in [4.69, 9.17) is 10.7 Å². The molecule has 0 aliphatic rings. The first-order chi connectivity index (χ1) is 9.72. The molecule has 2 heterocycles. The predicted molar refractivity (Wildman–Crippen MR) is 83.8 cm³/mol. The summed E-state index contributed by atoms with van der Waals surface area (Å²) < 4.78 is 2.25. The van der Waals surface area contributed by atoms with Crippen molar-refractivity contribution in [1.82, 2.24) is 14.5 Å². The standard InChI is InChI=1S/C15H18N4S/c1-3-6-19-13-5-4-10(2)7-11(13)18-15(19)12-9-20-14(8-16)17-12/h4-5,7,9H,3,6,8,16H2,1-2H3. The van der Waals surface area contributed by atoms with Gasteiger partial charge in [-0.15, -0.1) is 11.3 Å². The van der Waals surface area contributed by atoms with Gasteiger partial charge in [0.1, 0.15) is 10.7 Å². The van der Waals surface area contributed by atoms with Crippen LogP contribution in [0.25, 0.3) is 22.6 Å². The van der Waals surface area contributed by atoms with Gasteiger partial charge in [-0.05, 0) is 31.0 Å². The van der Waals surface area contributed by atoms with Crippen LogP contribution in [0.3, 0.4) is 0 Å². The van der Waals surface area contributed by atoms with Crippen molar-refractivity contribution in [2.75, 3.05) is 0 Å². The SMILES string of the molecule is CCCn1c(-c2csc(CN)n2)nc2cc(C)ccc21. The Morgan fingerprint density at radius 3 is 2.85 bits per heavy atom. The van der Waals surface area contributed by atoms with Gasteiger partial charge in [-0.2, -0.15) is 0 Å². The molecule has 0 aliphatic heterocycles. The van der Waals surface area contributed by atoms with Crippen molar-refractivity contribution in [3.05, 3.63) is 34.2 Å². The summed E-state index contributed by atoms with van der Waals surface area (Å²) in [5.74, 6) is 0.948. The Hall–Kier alpha value is -1.72. The topological polar surface area (TPSA) is 56.7 Å². The first kappa shape index (κ1) is 13.3. The van der Waals surface area contributed by atoms with Crippen molar-refractivity contribution in [1.29, 1.82) is 0 Å². The summed E-state index contributed by atoms with van der Waals surface area (Å²) in [6.07, 6.45) is 1.07. The molecule has 2 aromatic heterocycles. The summed E-state index contributed by atoms with van der Waals surface area (Å²) in [7, 11) is 0. The Morgan fingerprint density at radius 1 is 1.30 bits per heavy atom. The molecule has 4 nitrogen and oxygen atoms in total. The summed E-state index contributed by atoms with van der Waals surface area (Å²) in [4.78, 5) is 9.35. The smallest absolute Gasteiger partial charge is 0.160 e. The number of hydrogen-bond acceptors (Lipinski definition) is 4. The van der Waals surface area contributed by atoms with Gasteiger partial charge < -0.3 is 10.3 Å². The minimum atomic E-state index is 0.484. The second-order valence-electron chi connectivity index (χ2n) is 4.91. The highest BCUT2D eigenvalue weighted by Crippen LogP contribution is 2.27. The molecule has 3 aromatic rings. The van der Waals surface area contributed by atoms with Crippen LogP contribution in [0, 0.1) is 6.92 Å². The second-order valence-corrected chi connectivity index (χ2v) is 5.85. The minimum Gasteiger partial charge on any atom is -0.325 e. The number of nitrogens with two attached hydrogens (primary N) is 1. The number of rotatable bonds is 4. The Bertz CT molecular complexity index is 741. The molecule has 0 amide bonds. The molecule has 0 saturated heterocycles. The number of benzene rings is 1. The van der Waals surface area contributed by atoms with Gasteiger partial charge in [0, 0.05) is 18.5 Å². The van der Waals surface area contributed by atoms with Crippen LogP contribution in [0.15, 0.2) is 23.6 Å². The largest absolute Gasteiger partial charge is 0.325 e. The van der Waals surface area contributed by atoms with Crippen LogP contribution in [0.5, 0.6) is 0 Å². The van der Waals surface area contributed by atoms with Gasteiger partial charge in [0.05, 0.1) is 11.0 Å². The van der Waals surface area contributed by atoms with Crippen molar-refractivity contribution in [3.63, 3.8) is 0 Å². The van der Waals surface area contributed by atoms with E-state index in [1.165, 1.54) is 11.1 Å². The van der Waals surface area contributed by atoms with Gasteiger partial charge in [0.25, 0.3) is 0 Å². The Kier molecular flexibility index (Phi) is 3.54. The van der Waals surface area contributed by atoms with E-state index >= 15 is 0 Å². The highest BCUT2D eigenvalue weighted by atomic mass is 32.1. The van der Waals surface area contributed by atoms with Crippen LogP contribution in [-0.4, -0.2) is 14.5 Å². The van der Waals surface area contributed by atoms with E-state index in [1.54, 1.807) is 11.3 Å². The van der Waals surface area contributed by atoms with E-state index in [0.717, 1.165) is 35.0 Å². The van der Waals surface area contributed by atoms with Gasteiger partial charge >= 0.3 is 0 Å². The number of imidazole rings is 1. The molecule has 2 N–H and O–H groups in total. The van der Waals surface area contributed by atoms with Crippen molar-refractivity contribution < 1.29 is 0 Å². The second kappa shape index (κ2) is 5.34. The third-order valence-corrected chi connectivity index (χ3v) is 4.18. The minimum absolute atomic E-state index is 0.484. The summed E-state index contributed by atoms with van der Waals surface area (Å²) in [5, 5.41) is 2.99. The maximum absolute atomic E-state index is 5.65. The van der Waals surface area contributed by atoms with Crippen molar-refractivity contribution in [2.45, 2.75) is 33.4 Å². The van der Waals surface area contributed by atoms with Gasteiger partial charge in [0.15, 0.2) is 5.82 Å². The highest BCUT2D eigenvalue weighted by Gasteiger charge is 2.14. The molecule has 5 heteroatoms. The maximum Gasteiger partial charge on any atom is 0.160 e. The number of aromatic nitrogens is 3. The van der Waals surface area contributed by atoms with E-state index in [1.807, 2.05) is 5.38 Å². The van der Waals surface area contributed by atoms with Crippen molar-refractivity contribution in [2.24, 2.45) is 5.73 Å². The van der Waals surface area contributed by atoms with Gasteiger partial charge in [0.2, 0.25) is 0 Å². The Morgan fingerprint density at radius 2 is 2.15 bits per heavy atom. The predicted octanol–water partition coefficient (Wildman–Crippen LogP) is 3.34. The summed E-state index contributed by atoms with van der Waals surface area (Å²) >= 11 is 1.59. The monoisotopic (exact) mass is 286 g/mol. The van der Waals surface area contributed by atoms with Gasteiger partial charge in [-0.25, -0.2) is 9.97 Å². The quantitative estimate of drug-likeness (QED) is 0.800. The van der Waals surface area contributed by atoms with E-state index in [-0.39, 0.29) is 0 Å². The highest BCUT2D eigenvalue weighted by molar-refractivity contribution is 7.09. The zero-order chi connectivity index (χ0) is 14.1. The molecule has 104 valence electrons. The van der Waals surface area contributed by atoms with Crippen LogP contribution in [0.2, 0.25) is 0 Å². The van der Waals surface area contributed by atoms with E-state index in [0.29, 0.717) is 6.54 Å². The Labute approximate surface area is 122 Å². The molecule has 0 fully saturated rings. The lowest BCUT2D eigenvalue weighted by Gasteiger charge is -2.05. The van der Waals surface area contributed by atoms with Gasteiger partial charge in [-0.3, -0.25) is 0 Å². The van der Waals surface area contributed by atoms with Crippen LogP contribution >= 0.6 is 11.3 Å². The molecule has 0 saturated carbocycles. The molecule has 0 radical (unpaired) electrons. The summed E-state index contributed by atoms with van der Waals surface area (Å²) in [6.45, 7) is 5.70. The molecule has 20 heavy (non-hydrogen) atoms. The molecule has 0 unspecified atom stereocenters. The zero-order valence-electron chi connectivity index (χ0n) is 11.8. The number of fused-ring (bicyclic) bond motifs is 1. The lowest BCUT2D eigenvalue weighted by atomic mass is 10.2. The first-order valence-corrected chi connectivity index (χ1v) is 7.72. The van der Waals surface area contributed by atoms with Crippen LogP contribution in [0.4, 0.5) is 0 Å². The zero-order valence-corrected chi connectivity index (χ0v) is 12.6. The number of nitrogens with zero attached hydrogens (tertiary/aromatic N) is 3.